The summed E-state index contributed by atoms with van der Waals surface area (Å²) in [4.78, 5) is 12.6. The first-order valence-corrected chi connectivity index (χ1v) is 12.3. The number of cyclic esters (lactones) is 1. The quantitative estimate of drug-likeness (QED) is 0.315. The number of carbonyl (C=O) groups excluding carboxylic acids is 1. The second kappa shape index (κ2) is 12.2. The summed E-state index contributed by atoms with van der Waals surface area (Å²) in [6.45, 7) is -0.254. The molecule has 11 heteroatoms. The number of rotatable bonds is 10. The number of carbonyl (C=O) groups is 1. The average molecular weight is 535 g/mol. The zero-order valence-electron chi connectivity index (χ0n) is 21.5. The lowest BCUT2D eigenvalue weighted by atomic mass is 9.85. The first kappa shape index (κ1) is 27.9. The Morgan fingerprint density at radius 3 is 2.05 bits per heavy atom. The Labute approximate surface area is 220 Å². The predicted molar refractivity (Wildman–Crippen MR) is 132 cm³/mol. The topological polar surface area (TPSA) is 153 Å². The van der Waals surface area contributed by atoms with Gasteiger partial charge in [0.2, 0.25) is 6.29 Å². The fourth-order valence-corrected chi connectivity index (χ4v) is 4.85. The molecule has 4 N–H and O–H groups in total. The van der Waals surface area contributed by atoms with Crippen LogP contribution in [0.2, 0.25) is 0 Å². The molecule has 0 spiro atoms. The van der Waals surface area contributed by atoms with Crippen LogP contribution in [-0.4, -0.2) is 91.6 Å². The van der Waals surface area contributed by atoms with Crippen molar-refractivity contribution in [1.29, 1.82) is 0 Å². The van der Waals surface area contributed by atoms with Gasteiger partial charge >= 0.3 is 5.97 Å². The zero-order valence-corrected chi connectivity index (χ0v) is 21.5. The smallest absolute Gasteiger partial charge is 0.309 e. The van der Waals surface area contributed by atoms with Crippen LogP contribution in [0, 0.1) is 11.8 Å². The molecule has 7 atom stereocenters. The molecular formula is C27H34O11. The molecule has 0 amide bonds. The lowest BCUT2D eigenvalue weighted by Gasteiger charge is -2.39. The third-order valence-electron chi connectivity index (χ3n) is 7.03. The van der Waals surface area contributed by atoms with Gasteiger partial charge in [0.1, 0.15) is 24.4 Å². The lowest BCUT2D eigenvalue weighted by molar-refractivity contribution is -0.277. The van der Waals surface area contributed by atoms with Crippen molar-refractivity contribution in [2.45, 2.75) is 43.5 Å². The van der Waals surface area contributed by atoms with Crippen LogP contribution < -0.4 is 18.9 Å². The van der Waals surface area contributed by atoms with E-state index in [0.29, 0.717) is 36.7 Å². The molecule has 0 bridgehead atoms. The Bertz CT molecular complexity index is 1100. The van der Waals surface area contributed by atoms with Crippen LogP contribution in [0.4, 0.5) is 0 Å². The van der Waals surface area contributed by atoms with Gasteiger partial charge in [-0.05, 0) is 48.2 Å². The maximum Gasteiger partial charge on any atom is 0.309 e. The minimum atomic E-state index is -1.56. The highest BCUT2D eigenvalue weighted by atomic mass is 16.7. The van der Waals surface area contributed by atoms with Gasteiger partial charge in [-0.25, -0.2) is 0 Å². The molecule has 2 aliphatic heterocycles. The van der Waals surface area contributed by atoms with Gasteiger partial charge in [0.05, 0.1) is 40.5 Å². The standard InChI is InChI=1S/C27H34O11/c1-33-18-6-4-14(10-20(18)34-2)8-16-13-36-26(32)17(16)9-15-5-7-19(21(11-15)35-3)37-27-25(31)24(30)23(29)22(12-28)38-27/h4-7,10-11,16-17,22-25,27-31H,8-9,12-13H2,1-3H3/t16-,17+,22-,23-,24+,25-,27-/m0/s1. The number of methoxy groups -OCH3 is 3. The maximum atomic E-state index is 12.6. The number of aliphatic hydroxyl groups is 4. The summed E-state index contributed by atoms with van der Waals surface area (Å²) in [5, 5.41) is 39.7. The van der Waals surface area contributed by atoms with Gasteiger partial charge in [-0.2, -0.15) is 0 Å². The first-order valence-electron chi connectivity index (χ1n) is 12.3. The van der Waals surface area contributed by atoms with Crippen molar-refractivity contribution in [3.63, 3.8) is 0 Å². The summed E-state index contributed by atoms with van der Waals surface area (Å²) in [6, 6.07) is 10.8. The Balaban J connectivity index is 1.47. The van der Waals surface area contributed by atoms with E-state index in [4.69, 9.17) is 28.4 Å². The summed E-state index contributed by atoms with van der Waals surface area (Å²) in [5.41, 5.74) is 1.81. The van der Waals surface area contributed by atoms with Crippen molar-refractivity contribution in [1.82, 2.24) is 0 Å². The second-order valence-corrected chi connectivity index (χ2v) is 9.39. The monoisotopic (exact) mass is 534 g/mol. The molecule has 2 aromatic rings. The lowest BCUT2D eigenvalue weighted by Crippen LogP contribution is -2.60. The summed E-state index contributed by atoms with van der Waals surface area (Å²) < 4.78 is 32.7. The summed E-state index contributed by atoms with van der Waals surface area (Å²) >= 11 is 0. The van der Waals surface area contributed by atoms with E-state index in [9.17, 15) is 25.2 Å². The molecule has 0 aliphatic carbocycles. The van der Waals surface area contributed by atoms with E-state index in [0.717, 1.165) is 11.1 Å². The molecule has 2 aliphatic rings. The van der Waals surface area contributed by atoms with Gasteiger partial charge in [-0.3, -0.25) is 4.79 Å². The van der Waals surface area contributed by atoms with Crippen LogP contribution in [0.25, 0.3) is 0 Å². The van der Waals surface area contributed by atoms with Crippen LogP contribution in [0.15, 0.2) is 36.4 Å². The number of hydrogen-bond donors (Lipinski definition) is 4. The zero-order chi connectivity index (χ0) is 27.4. The van der Waals surface area contributed by atoms with Crippen LogP contribution in [-0.2, 0) is 27.1 Å². The molecule has 0 unspecified atom stereocenters. The predicted octanol–water partition coefficient (Wildman–Crippen LogP) is 0.466. The third kappa shape index (κ3) is 5.82. The van der Waals surface area contributed by atoms with E-state index in [2.05, 4.69) is 0 Å². The van der Waals surface area contributed by atoms with E-state index in [-0.39, 0.29) is 23.6 Å². The van der Waals surface area contributed by atoms with Crippen molar-refractivity contribution in [2.75, 3.05) is 34.5 Å². The fourth-order valence-electron chi connectivity index (χ4n) is 4.85. The molecule has 2 heterocycles. The first-order chi connectivity index (χ1) is 18.3. The molecule has 2 aromatic carbocycles. The molecule has 0 radical (unpaired) electrons. The SMILES string of the molecule is COc1ccc(C[C@H]2COC(=O)[C@@H]2Cc2ccc(O[C@H]3O[C@@H](CO)[C@H](O)[C@@H](O)[C@@H]3O)c(OC)c2)cc1OC. The third-order valence-corrected chi connectivity index (χ3v) is 7.03. The van der Waals surface area contributed by atoms with Gasteiger partial charge in [-0.1, -0.05) is 12.1 Å². The van der Waals surface area contributed by atoms with Crippen molar-refractivity contribution >= 4 is 5.97 Å². The second-order valence-electron chi connectivity index (χ2n) is 9.39. The molecule has 11 nitrogen and oxygen atoms in total. The highest BCUT2D eigenvalue weighted by Crippen LogP contribution is 2.36. The maximum absolute atomic E-state index is 12.6. The van der Waals surface area contributed by atoms with E-state index < -0.39 is 37.3 Å². The van der Waals surface area contributed by atoms with Crippen LogP contribution >= 0.6 is 0 Å². The minimum Gasteiger partial charge on any atom is -0.493 e. The molecule has 2 fully saturated rings. The Kier molecular flexibility index (Phi) is 8.95. The number of benzene rings is 2. The number of aliphatic hydroxyl groups excluding tert-OH is 4. The normalized spacial score (nSPS) is 29.0. The Morgan fingerprint density at radius 1 is 0.816 bits per heavy atom. The minimum absolute atomic E-state index is 0.0448. The number of hydrogen-bond acceptors (Lipinski definition) is 11. The number of esters is 1. The van der Waals surface area contributed by atoms with Crippen LogP contribution in [0.3, 0.4) is 0 Å². The van der Waals surface area contributed by atoms with Crippen molar-refractivity contribution < 1.29 is 53.6 Å². The summed E-state index contributed by atoms with van der Waals surface area (Å²) in [7, 11) is 4.60. The molecule has 4 rings (SSSR count). The highest BCUT2D eigenvalue weighted by molar-refractivity contribution is 5.75. The van der Waals surface area contributed by atoms with Crippen molar-refractivity contribution in [3.05, 3.63) is 47.5 Å². The van der Waals surface area contributed by atoms with Gasteiger partial charge in [0.15, 0.2) is 23.0 Å². The van der Waals surface area contributed by atoms with Crippen LogP contribution in [0.5, 0.6) is 23.0 Å². The van der Waals surface area contributed by atoms with Gasteiger partial charge < -0.3 is 48.8 Å². The number of ether oxygens (including phenoxy) is 6. The van der Waals surface area contributed by atoms with Crippen LogP contribution in [0.1, 0.15) is 11.1 Å². The molecule has 38 heavy (non-hydrogen) atoms. The Hall–Kier alpha value is -3.09. The van der Waals surface area contributed by atoms with Gasteiger partial charge in [-0.15, -0.1) is 0 Å². The molecule has 208 valence electrons. The van der Waals surface area contributed by atoms with Crippen molar-refractivity contribution in [2.24, 2.45) is 11.8 Å². The molecule has 0 saturated carbocycles. The highest BCUT2D eigenvalue weighted by Gasteiger charge is 2.45. The van der Waals surface area contributed by atoms with E-state index in [1.165, 1.54) is 7.11 Å². The van der Waals surface area contributed by atoms with Crippen molar-refractivity contribution in [3.8, 4) is 23.0 Å². The Morgan fingerprint density at radius 2 is 1.42 bits per heavy atom. The van der Waals surface area contributed by atoms with E-state index >= 15 is 0 Å². The van der Waals surface area contributed by atoms with E-state index in [1.807, 2.05) is 18.2 Å². The van der Waals surface area contributed by atoms with E-state index in [1.54, 1.807) is 32.4 Å². The van der Waals surface area contributed by atoms with Gasteiger partial charge in [0, 0.05) is 5.92 Å². The molecule has 0 aromatic heterocycles. The summed E-state index contributed by atoms with van der Waals surface area (Å²) in [5.74, 6) is 1.10. The molecule has 2 saturated heterocycles. The summed E-state index contributed by atoms with van der Waals surface area (Å²) in [6.07, 6.45) is -6.02. The average Bonchev–Trinajstić information content (AvgIpc) is 3.27. The fraction of sp³-hybridized carbons (Fsp3) is 0.519. The van der Waals surface area contributed by atoms with Gasteiger partial charge in [0.25, 0.3) is 0 Å². The largest absolute Gasteiger partial charge is 0.493 e. The molecular weight excluding hydrogens is 500 g/mol.